The monoisotopic (exact) mass is 550 g/mol. The molecule has 2 aromatic carbocycles. The van der Waals surface area contributed by atoms with Crippen molar-refractivity contribution in [3.8, 4) is 11.5 Å². The highest BCUT2D eigenvalue weighted by Crippen LogP contribution is 2.49. The van der Waals surface area contributed by atoms with E-state index >= 15 is 0 Å². The maximum atomic E-state index is 13.1. The highest BCUT2D eigenvalue weighted by atomic mass is 16.6. The lowest BCUT2D eigenvalue weighted by atomic mass is 9.59. The first-order chi connectivity index (χ1) is 19.1. The van der Waals surface area contributed by atoms with E-state index in [1.807, 2.05) is 42.5 Å². The number of ether oxygens (including phenoxy) is 2. The lowest BCUT2D eigenvalue weighted by Gasteiger charge is -2.50. The van der Waals surface area contributed by atoms with E-state index in [2.05, 4.69) is 45.3 Å². The number of amides is 2. The van der Waals surface area contributed by atoms with Gasteiger partial charge in [0, 0.05) is 12.1 Å². The number of carbonyl (C=O) groups excluding carboxylic acids is 2. The highest BCUT2D eigenvalue weighted by molar-refractivity contribution is 5.71. The Hall–Kier alpha value is -3.02. The summed E-state index contributed by atoms with van der Waals surface area (Å²) in [5.74, 6) is 1.16. The van der Waals surface area contributed by atoms with Gasteiger partial charge in [0.2, 0.25) is 0 Å². The topological polar surface area (TPSA) is 76.7 Å². The minimum absolute atomic E-state index is 0.0168. The van der Waals surface area contributed by atoms with Crippen LogP contribution in [0.5, 0.6) is 11.5 Å². The summed E-state index contributed by atoms with van der Waals surface area (Å²) in [6.45, 7) is 11.1. The highest BCUT2D eigenvalue weighted by Gasteiger charge is 2.46. The van der Waals surface area contributed by atoms with Gasteiger partial charge in [-0.05, 0) is 73.1 Å². The molecule has 6 heteroatoms. The van der Waals surface area contributed by atoms with Gasteiger partial charge in [-0.15, -0.1) is 0 Å². The minimum atomic E-state index is -0.430. The maximum Gasteiger partial charge on any atom is 0.412 e. The molecule has 0 bridgehead atoms. The summed E-state index contributed by atoms with van der Waals surface area (Å²) in [6, 6.07) is 16.9. The molecule has 3 rings (SSSR count). The molecule has 0 spiro atoms. The van der Waals surface area contributed by atoms with Crippen molar-refractivity contribution in [1.29, 1.82) is 0 Å². The van der Waals surface area contributed by atoms with Gasteiger partial charge in [0.05, 0.1) is 0 Å². The number of aryl methyl sites for hydroxylation is 1. The van der Waals surface area contributed by atoms with E-state index in [9.17, 15) is 9.59 Å². The van der Waals surface area contributed by atoms with E-state index in [0.29, 0.717) is 11.5 Å². The molecule has 0 radical (unpaired) electrons. The van der Waals surface area contributed by atoms with Crippen molar-refractivity contribution in [2.75, 3.05) is 0 Å². The Morgan fingerprint density at radius 1 is 0.850 bits per heavy atom. The minimum Gasteiger partial charge on any atom is -0.410 e. The molecule has 1 fully saturated rings. The molecule has 220 valence electrons. The molecule has 0 aromatic heterocycles. The van der Waals surface area contributed by atoms with Crippen molar-refractivity contribution in [3.63, 3.8) is 0 Å². The lowest BCUT2D eigenvalue weighted by Crippen LogP contribution is -2.55. The van der Waals surface area contributed by atoms with Gasteiger partial charge < -0.3 is 20.1 Å². The molecule has 40 heavy (non-hydrogen) atoms. The second-order valence-corrected chi connectivity index (χ2v) is 12.6. The van der Waals surface area contributed by atoms with Gasteiger partial charge in [-0.1, -0.05) is 103 Å². The molecule has 2 aromatic rings. The summed E-state index contributed by atoms with van der Waals surface area (Å²) >= 11 is 0. The van der Waals surface area contributed by atoms with E-state index in [-0.39, 0.29) is 22.9 Å². The predicted molar refractivity (Wildman–Crippen MR) is 162 cm³/mol. The summed E-state index contributed by atoms with van der Waals surface area (Å²) in [4.78, 5) is 26.1. The third kappa shape index (κ3) is 9.87. The van der Waals surface area contributed by atoms with Crippen LogP contribution in [-0.4, -0.2) is 24.3 Å². The zero-order chi connectivity index (χ0) is 29.0. The van der Waals surface area contributed by atoms with Gasteiger partial charge in [0.1, 0.15) is 11.5 Å². The number of hydrogen-bond donors (Lipinski definition) is 2. The average Bonchev–Trinajstić information content (AvgIpc) is 2.88. The van der Waals surface area contributed by atoms with E-state index in [1.54, 1.807) is 12.1 Å². The van der Waals surface area contributed by atoms with Gasteiger partial charge in [0.25, 0.3) is 0 Å². The van der Waals surface area contributed by atoms with E-state index in [4.69, 9.17) is 9.47 Å². The average molecular weight is 551 g/mol. The molecule has 1 saturated carbocycles. The van der Waals surface area contributed by atoms with Crippen molar-refractivity contribution >= 4 is 12.2 Å². The van der Waals surface area contributed by atoms with E-state index in [0.717, 1.165) is 76.2 Å². The zero-order valence-corrected chi connectivity index (χ0v) is 25.3. The van der Waals surface area contributed by atoms with Crippen molar-refractivity contribution < 1.29 is 19.1 Å². The summed E-state index contributed by atoms with van der Waals surface area (Å²) in [6.07, 6.45) is 10.1. The maximum absolute atomic E-state index is 13.1. The number of nitrogens with one attached hydrogen (secondary N) is 2. The van der Waals surface area contributed by atoms with Crippen molar-refractivity contribution in [1.82, 2.24) is 10.6 Å². The van der Waals surface area contributed by atoms with E-state index in [1.165, 1.54) is 0 Å². The fourth-order valence-corrected chi connectivity index (χ4v) is 6.54. The fourth-order valence-electron chi connectivity index (χ4n) is 6.54. The second-order valence-electron chi connectivity index (χ2n) is 12.6. The van der Waals surface area contributed by atoms with Crippen molar-refractivity contribution in [3.05, 3.63) is 60.2 Å². The molecular formula is C34H50N2O4. The van der Waals surface area contributed by atoms with Gasteiger partial charge >= 0.3 is 12.2 Å². The number of rotatable bonds is 13. The Bertz CT molecular complexity index is 1070. The third-order valence-electron chi connectivity index (χ3n) is 8.12. The summed E-state index contributed by atoms with van der Waals surface area (Å²) in [5, 5.41) is 6.40. The molecule has 0 saturated heterocycles. The van der Waals surface area contributed by atoms with Crippen LogP contribution in [0.25, 0.3) is 0 Å². The third-order valence-corrected chi connectivity index (χ3v) is 8.12. The number of benzene rings is 2. The van der Waals surface area contributed by atoms with Crippen molar-refractivity contribution in [2.45, 2.75) is 117 Å². The molecule has 2 amide bonds. The fraction of sp³-hybridized carbons (Fsp3) is 0.588. The first-order valence-corrected chi connectivity index (χ1v) is 15.2. The normalized spacial score (nSPS) is 20.8. The second kappa shape index (κ2) is 15.1. The Kier molecular flexibility index (Phi) is 11.9. The molecule has 0 aliphatic heterocycles. The van der Waals surface area contributed by atoms with Crippen LogP contribution in [0.3, 0.4) is 0 Å². The van der Waals surface area contributed by atoms with Crippen LogP contribution in [0.15, 0.2) is 54.6 Å². The first kappa shape index (κ1) is 31.5. The Balaban J connectivity index is 1.71. The lowest BCUT2D eigenvalue weighted by molar-refractivity contribution is 0.0366. The number of unbranched alkanes of at least 4 members (excludes halogenated alkanes) is 4. The first-order valence-electron chi connectivity index (χ1n) is 15.2. The van der Waals surface area contributed by atoms with E-state index < -0.39 is 12.2 Å². The van der Waals surface area contributed by atoms with Crippen LogP contribution in [0.1, 0.15) is 104 Å². The number of para-hydroxylation sites is 2. The van der Waals surface area contributed by atoms with Crippen LogP contribution in [0.2, 0.25) is 0 Å². The van der Waals surface area contributed by atoms with Crippen LogP contribution in [-0.2, 0) is 6.42 Å². The Morgan fingerprint density at radius 3 is 2.25 bits per heavy atom. The van der Waals surface area contributed by atoms with Gasteiger partial charge in [-0.3, -0.25) is 0 Å². The smallest absolute Gasteiger partial charge is 0.410 e. The van der Waals surface area contributed by atoms with Crippen LogP contribution < -0.4 is 20.1 Å². The largest absolute Gasteiger partial charge is 0.412 e. The number of carbonyl (C=O) groups is 2. The quantitative estimate of drug-likeness (QED) is 0.244. The number of hydrogen-bond acceptors (Lipinski definition) is 4. The molecule has 6 nitrogen and oxygen atoms in total. The molecule has 0 heterocycles. The summed E-state index contributed by atoms with van der Waals surface area (Å²) in [5.41, 5.74) is 0.829. The molecule has 3 atom stereocenters. The molecule has 1 aliphatic carbocycles. The van der Waals surface area contributed by atoms with Crippen LogP contribution in [0.4, 0.5) is 9.59 Å². The SMILES string of the molecule is CCCCCc1ccccc1OC(=O)NC1CC(C)(C)CC(C)(C(CCCCC)NC(=O)Oc2ccccc2)C1. The van der Waals surface area contributed by atoms with Crippen LogP contribution >= 0.6 is 0 Å². The Labute approximate surface area is 241 Å². The Morgan fingerprint density at radius 2 is 1.52 bits per heavy atom. The van der Waals surface area contributed by atoms with Gasteiger partial charge in [0.15, 0.2) is 0 Å². The standard InChI is InChI=1S/C34H50N2O4/c1-6-8-11-17-26-18-15-16-21-29(26)40-31(37)35-27-23-33(3,4)25-34(5,24-27)30(22-12-9-7-2)36-32(38)39-28-19-13-10-14-20-28/h10,13-16,18-21,27,30H,6-9,11-12,17,22-25H2,1-5H3,(H,35,37)(H,36,38). The summed E-state index contributed by atoms with van der Waals surface area (Å²) < 4.78 is 11.4. The molecule has 3 unspecified atom stereocenters. The zero-order valence-electron chi connectivity index (χ0n) is 25.3. The van der Waals surface area contributed by atoms with Crippen LogP contribution in [0, 0.1) is 10.8 Å². The molecule has 1 aliphatic rings. The molecular weight excluding hydrogens is 500 g/mol. The predicted octanol–water partition coefficient (Wildman–Crippen LogP) is 8.83. The van der Waals surface area contributed by atoms with Gasteiger partial charge in [-0.25, -0.2) is 9.59 Å². The summed E-state index contributed by atoms with van der Waals surface area (Å²) in [7, 11) is 0. The molecule has 2 N–H and O–H groups in total. The van der Waals surface area contributed by atoms with Crippen molar-refractivity contribution in [2.24, 2.45) is 10.8 Å². The van der Waals surface area contributed by atoms with Gasteiger partial charge in [-0.2, -0.15) is 0 Å².